The third-order valence-corrected chi connectivity index (χ3v) is 4.53. The van der Waals surface area contributed by atoms with Gasteiger partial charge in [0.1, 0.15) is 17.1 Å². The highest BCUT2D eigenvalue weighted by molar-refractivity contribution is 7.12. The molecular formula is C17H13ClFNO4S. The zero-order chi connectivity index (χ0) is 18.7. The predicted molar refractivity (Wildman–Crippen MR) is 96.2 cm³/mol. The van der Waals surface area contributed by atoms with E-state index in [2.05, 4.69) is 11.9 Å². The third kappa shape index (κ3) is 3.89. The van der Waals surface area contributed by atoms with Gasteiger partial charge in [-0.25, -0.2) is 9.18 Å². The first-order valence-corrected chi connectivity index (χ1v) is 8.18. The number of carbonyl (C=O) groups is 2. The van der Waals surface area contributed by atoms with Crippen LogP contribution < -0.4 is 5.32 Å². The Morgan fingerprint density at radius 2 is 2.08 bits per heavy atom. The van der Waals surface area contributed by atoms with Crippen LogP contribution in [0.5, 0.6) is 5.75 Å². The number of allylic oxidation sites excluding steroid dienone is 3. The number of carbonyl (C=O) groups excluding carboxylic acids is 1. The first kappa shape index (κ1) is 18.7. The van der Waals surface area contributed by atoms with E-state index in [0.29, 0.717) is 0 Å². The normalized spacial score (nSPS) is 11.2. The highest BCUT2D eigenvalue weighted by Gasteiger charge is 2.24. The average Bonchev–Trinajstić information content (AvgIpc) is 2.90. The largest absolute Gasteiger partial charge is 0.507 e. The van der Waals surface area contributed by atoms with Crippen LogP contribution in [0.4, 0.5) is 10.1 Å². The van der Waals surface area contributed by atoms with Gasteiger partial charge in [-0.1, -0.05) is 24.3 Å². The van der Waals surface area contributed by atoms with Crippen molar-refractivity contribution in [2.24, 2.45) is 0 Å². The Balaban J connectivity index is 2.43. The standard InChI is InChI=1S/C17H13ClFNO4S/c1-3-10(8(2)19)15-14(17(23)24)12(7-25-15)20-16(22)11-5-4-9(18)6-13(11)21/h3-7,21H,2H2,1H3,(H,20,22)(H,23,24). The Kier molecular flexibility index (Phi) is 5.61. The number of thiophene rings is 1. The molecule has 1 amide bonds. The molecule has 0 aliphatic carbocycles. The maximum Gasteiger partial charge on any atom is 0.339 e. The van der Waals surface area contributed by atoms with Crippen LogP contribution in [0.1, 0.15) is 32.5 Å². The first-order chi connectivity index (χ1) is 11.8. The number of carboxylic acids is 1. The lowest BCUT2D eigenvalue weighted by Crippen LogP contribution is -2.14. The Bertz CT molecular complexity index is 904. The molecule has 0 unspecified atom stereocenters. The van der Waals surface area contributed by atoms with E-state index in [9.17, 15) is 24.2 Å². The number of aromatic carboxylic acids is 1. The summed E-state index contributed by atoms with van der Waals surface area (Å²) in [5.74, 6) is -3.17. The van der Waals surface area contributed by atoms with E-state index in [1.54, 1.807) is 6.92 Å². The van der Waals surface area contributed by atoms with E-state index < -0.39 is 17.7 Å². The minimum Gasteiger partial charge on any atom is -0.507 e. The SMILES string of the molecule is C=C(F)C(=CC)c1scc(NC(=O)c2ccc(Cl)cc2O)c1C(=O)O. The van der Waals surface area contributed by atoms with E-state index >= 15 is 0 Å². The number of aromatic hydroxyl groups is 1. The summed E-state index contributed by atoms with van der Waals surface area (Å²) in [5.41, 5.74) is -0.293. The molecule has 0 fully saturated rings. The molecule has 0 aliphatic rings. The number of phenols is 1. The monoisotopic (exact) mass is 381 g/mol. The highest BCUT2D eigenvalue weighted by atomic mass is 35.5. The number of rotatable bonds is 5. The van der Waals surface area contributed by atoms with Gasteiger partial charge >= 0.3 is 5.97 Å². The number of anilines is 1. The summed E-state index contributed by atoms with van der Waals surface area (Å²) >= 11 is 6.68. The maximum atomic E-state index is 13.5. The van der Waals surface area contributed by atoms with Crippen LogP contribution in [0.25, 0.3) is 5.57 Å². The Morgan fingerprint density at radius 1 is 1.40 bits per heavy atom. The second kappa shape index (κ2) is 7.50. The van der Waals surface area contributed by atoms with Crippen LogP contribution in [0.2, 0.25) is 5.02 Å². The molecule has 8 heteroatoms. The van der Waals surface area contributed by atoms with Gasteiger partial charge in [0.2, 0.25) is 0 Å². The van der Waals surface area contributed by atoms with Gasteiger partial charge in [-0.05, 0) is 25.1 Å². The zero-order valence-electron chi connectivity index (χ0n) is 13.0. The molecule has 0 aliphatic heterocycles. The third-order valence-electron chi connectivity index (χ3n) is 3.28. The van der Waals surface area contributed by atoms with Crippen molar-refractivity contribution in [2.45, 2.75) is 6.92 Å². The summed E-state index contributed by atoms with van der Waals surface area (Å²) in [6.07, 6.45) is 1.40. The van der Waals surface area contributed by atoms with E-state index in [0.717, 1.165) is 11.3 Å². The lowest BCUT2D eigenvalue weighted by atomic mass is 10.1. The first-order valence-electron chi connectivity index (χ1n) is 6.92. The van der Waals surface area contributed by atoms with Crippen molar-refractivity contribution in [3.05, 3.63) is 63.1 Å². The fourth-order valence-corrected chi connectivity index (χ4v) is 3.41. The van der Waals surface area contributed by atoms with Gasteiger partial charge < -0.3 is 15.5 Å². The zero-order valence-corrected chi connectivity index (χ0v) is 14.5. The van der Waals surface area contributed by atoms with Gasteiger partial charge in [-0.2, -0.15) is 0 Å². The smallest absolute Gasteiger partial charge is 0.339 e. The second-order valence-corrected chi connectivity index (χ2v) is 6.20. The highest BCUT2D eigenvalue weighted by Crippen LogP contribution is 2.36. The van der Waals surface area contributed by atoms with E-state index in [-0.39, 0.29) is 38.0 Å². The molecule has 5 nitrogen and oxygen atoms in total. The number of nitrogens with one attached hydrogen (secondary N) is 1. The van der Waals surface area contributed by atoms with Gasteiger partial charge in [-0.3, -0.25) is 4.79 Å². The number of phenolic OH excluding ortho intramolecular Hbond substituents is 1. The Hall–Kier alpha value is -2.64. The molecule has 0 bridgehead atoms. The minimum absolute atomic E-state index is 0.00699. The summed E-state index contributed by atoms with van der Waals surface area (Å²) in [6, 6.07) is 3.92. The molecule has 0 atom stereocenters. The molecule has 0 saturated heterocycles. The van der Waals surface area contributed by atoms with Gasteiger partial charge in [-0.15, -0.1) is 11.3 Å². The summed E-state index contributed by atoms with van der Waals surface area (Å²) in [4.78, 5) is 24.0. The number of hydrogen-bond donors (Lipinski definition) is 3. The quantitative estimate of drug-likeness (QED) is 0.640. The predicted octanol–water partition coefficient (Wildman–Crippen LogP) is 4.94. The number of carboxylic acid groups (broad SMARTS) is 1. The van der Waals surface area contributed by atoms with Crippen molar-refractivity contribution in [1.82, 2.24) is 0 Å². The molecule has 130 valence electrons. The molecule has 1 heterocycles. The van der Waals surface area contributed by atoms with Gasteiger partial charge in [0.25, 0.3) is 5.91 Å². The van der Waals surface area contributed by atoms with Crippen LogP contribution >= 0.6 is 22.9 Å². The number of benzene rings is 1. The molecule has 2 rings (SSSR count). The molecule has 0 spiro atoms. The van der Waals surface area contributed by atoms with Crippen molar-refractivity contribution >= 4 is 46.1 Å². The van der Waals surface area contributed by atoms with Crippen LogP contribution in [0, 0.1) is 0 Å². The lowest BCUT2D eigenvalue weighted by molar-refractivity contribution is 0.0698. The lowest BCUT2D eigenvalue weighted by Gasteiger charge is -2.08. The van der Waals surface area contributed by atoms with E-state index in [4.69, 9.17) is 11.6 Å². The van der Waals surface area contributed by atoms with Crippen molar-refractivity contribution in [1.29, 1.82) is 0 Å². The van der Waals surface area contributed by atoms with Gasteiger partial charge in [0.15, 0.2) is 0 Å². The van der Waals surface area contributed by atoms with Crippen molar-refractivity contribution < 1.29 is 24.2 Å². The number of amides is 1. The second-order valence-electron chi connectivity index (χ2n) is 4.88. The summed E-state index contributed by atoms with van der Waals surface area (Å²) in [5, 5.41) is 23.3. The fraction of sp³-hybridized carbons (Fsp3) is 0.0588. The van der Waals surface area contributed by atoms with Crippen molar-refractivity contribution in [3.8, 4) is 5.75 Å². The topological polar surface area (TPSA) is 86.6 Å². The van der Waals surface area contributed by atoms with Crippen LogP contribution in [-0.4, -0.2) is 22.1 Å². The van der Waals surface area contributed by atoms with Crippen molar-refractivity contribution in [3.63, 3.8) is 0 Å². The Labute approximate surface area is 151 Å². The molecule has 0 saturated carbocycles. The molecular weight excluding hydrogens is 369 g/mol. The van der Waals surface area contributed by atoms with Crippen LogP contribution in [0.15, 0.2) is 42.1 Å². The number of halogens is 2. The van der Waals surface area contributed by atoms with Crippen molar-refractivity contribution in [2.75, 3.05) is 5.32 Å². The minimum atomic E-state index is -1.33. The molecule has 2 aromatic rings. The van der Waals surface area contributed by atoms with Crippen LogP contribution in [0.3, 0.4) is 0 Å². The maximum absolute atomic E-state index is 13.5. The molecule has 1 aromatic carbocycles. The summed E-state index contributed by atoms with van der Waals surface area (Å²) in [6.45, 7) is 4.74. The van der Waals surface area contributed by atoms with Crippen LogP contribution in [-0.2, 0) is 0 Å². The average molecular weight is 382 g/mol. The molecule has 0 radical (unpaired) electrons. The Morgan fingerprint density at radius 3 is 2.60 bits per heavy atom. The number of hydrogen-bond acceptors (Lipinski definition) is 4. The molecule has 25 heavy (non-hydrogen) atoms. The van der Waals surface area contributed by atoms with E-state index in [1.165, 1.54) is 29.7 Å². The van der Waals surface area contributed by atoms with E-state index in [1.807, 2.05) is 0 Å². The van der Waals surface area contributed by atoms with Gasteiger partial charge in [0.05, 0.1) is 16.1 Å². The molecule has 3 N–H and O–H groups in total. The molecule has 1 aromatic heterocycles. The fourth-order valence-electron chi connectivity index (χ4n) is 2.16. The summed E-state index contributed by atoms with van der Waals surface area (Å²) < 4.78 is 13.5. The summed E-state index contributed by atoms with van der Waals surface area (Å²) in [7, 11) is 0. The van der Waals surface area contributed by atoms with Gasteiger partial charge in [0, 0.05) is 16.0 Å².